The van der Waals surface area contributed by atoms with Crippen molar-refractivity contribution < 1.29 is 24.2 Å². The smallest absolute Gasteiger partial charge is 0.407 e. The number of likely N-dealkylation sites (N-methyl/N-ethyl adjacent to an activating group) is 1. The van der Waals surface area contributed by atoms with Gasteiger partial charge in [0.1, 0.15) is 16.9 Å². The van der Waals surface area contributed by atoms with Crippen LogP contribution in [0, 0.1) is 11.7 Å². The third-order valence-corrected chi connectivity index (χ3v) is 5.34. The number of carbonyl (C=O) groups is 2. The van der Waals surface area contributed by atoms with Crippen LogP contribution in [0.1, 0.15) is 35.3 Å². The van der Waals surface area contributed by atoms with Crippen LogP contribution in [0.3, 0.4) is 0 Å². The Hall–Kier alpha value is -3.95. The molecule has 0 atom stereocenters. The van der Waals surface area contributed by atoms with Gasteiger partial charge in [0.15, 0.2) is 5.75 Å². The van der Waals surface area contributed by atoms with E-state index in [1.54, 1.807) is 18.2 Å². The van der Waals surface area contributed by atoms with Gasteiger partial charge in [-0.25, -0.2) is 9.18 Å². The first kappa shape index (κ1) is 24.7. The van der Waals surface area contributed by atoms with Crippen LogP contribution in [0.2, 0.25) is 0 Å². The molecule has 2 amide bonds. The highest BCUT2D eigenvalue weighted by atomic mass is 19.1. The fraction of sp³-hybridized carbons (Fsp3) is 0.333. The molecule has 2 aromatic heterocycles. The average Bonchev–Trinajstić information content (AvgIpc) is 2.78. The van der Waals surface area contributed by atoms with Gasteiger partial charge in [0.2, 0.25) is 0 Å². The number of nitrogens with zero attached hydrogens (tertiary/aromatic N) is 3. The van der Waals surface area contributed by atoms with Gasteiger partial charge in [0.25, 0.3) is 11.5 Å². The number of nitrogens with one attached hydrogen (secondary N) is 1. The number of halogens is 1. The summed E-state index contributed by atoms with van der Waals surface area (Å²) in [6.07, 6.45) is 0.740. The van der Waals surface area contributed by atoms with Crippen molar-refractivity contribution in [3.8, 4) is 5.75 Å². The van der Waals surface area contributed by atoms with E-state index in [1.165, 1.54) is 29.9 Å². The molecule has 3 rings (SSSR count). The molecular formula is C24H27FN4O5. The zero-order valence-electron chi connectivity index (χ0n) is 19.2. The highest BCUT2D eigenvalue weighted by Gasteiger charge is 2.24. The molecule has 10 heteroatoms. The van der Waals surface area contributed by atoms with E-state index in [2.05, 4.69) is 10.3 Å². The molecular weight excluding hydrogens is 443 g/mol. The minimum Gasteiger partial charge on any atom is -0.505 e. The fourth-order valence-corrected chi connectivity index (χ4v) is 3.44. The van der Waals surface area contributed by atoms with E-state index < -0.39 is 28.9 Å². The van der Waals surface area contributed by atoms with E-state index >= 15 is 0 Å². The number of carboxylic acid groups (broad SMARTS) is 1. The second kappa shape index (κ2) is 10.3. The Balaban J connectivity index is 2.11. The second-order valence-corrected chi connectivity index (χ2v) is 8.50. The molecule has 180 valence electrons. The Morgan fingerprint density at radius 2 is 1.88 bits per heavy atom. The van der Waals surface area contributed by atoms with Crippen LogP contribution in [0.4, 0.5) is 9.18 Å². The van der Waals surface area contributed by atoms with E-state index in [-0.39, 0.29) is 35.9 Å². The van der Waals surface area contributed by atoms with Gasteiger partial charge < -0.3 is 25.0 Å². The summed E-state index contributed by atoms with van der Waals surface area (Å²) in [6, 6.07) is 7.61. The molecule has 0 aliphatic rings. The number of hydrogen-bond acceptors (Lipinski definition) is 5. The summed E-state index contributed by atoms with van der Waals surface area (Å²) in [5.74, 6) is -1.48. The number of aromatic hydroxyl groups is 1. The largest absolute Gasteiger partial charge is 0.505 e. The minimum atomic E-state index is -1.17. The van der Waals surface area contributed by atoms with Crippen LogP contribution >= 0.6 is 0 Å². The average molecular weight is 471 g/mol. The number of amides is 2. The zero-order chi connectivity index (χ0) is 25.0. The predicted octanol–water partition coefficient (Wildman–Crippen LogP) is 2.83. The molecule has 2 heterocycles. The molecule has 9 nitrogen and oxygen atoms in total. The summed E-state index contributed by atoms with van der Waals surface area (Å²) in [5.41, 5.74) is 0.637. The molecule has 0 unspecified atom stereocenters. The number of benzene rings is 1. The summed E-state index contributed by atoms with van der Waals surface area (Å²) in [7, 11) is 1.37. The maximum atomic E-state index is 13.3. The lowest BCUT2D eigenvalue weighted by Gasteiger charge is -2.18. The Labute approximate surface area is 195 Å². The van der Waals surface area contributed by atoms with Crippen LogP contribution in [0.25, 0.3) is 11.0 Å². The highest BCUT2D eigenvalue weighted by Crippen LogP contribution is 2.26. The van der Waals surface area contributed by atoms with Gasteiger partial charge in [0.05, 0.1) is 5.52 Å². The lowest BCUT2D eigenvalue weighted by Crippen LogP contribution is -2.37. The quantitative estimate of drug-likeness (QED) is 0.465. The van der Waals surface area contributed by atoms with Crippen molar-refractivity contribution in [1.29, 1.82) is 0 Å². The van der Waals surface area contributed by atoms with Gasteiger partial charge in [0, 0.05) is 32.9 Å². The molecule has 0 saturated heterocycles. The maximum Gasteiger partial charge on any atom is 0.407 e. The number of carbonyl (C=O) groups excluding carboxylic acids is 1. The summed E-state index contributed by atoms with van der Waals surface area (Å²) in [4.78, 5) is 42.5. The number of pyridine rings is 2. The topological polar surface area (TPSA) is 125 Å². The first-order valence-corrected chi connectivity index (χ1v) is 10.8. The third kappa shape index (κ3) is 5.51. The summed E-state index contributed by atoms with van der Waals surface area (Å²) >= 11 is 0. The number of fused-ring (bicyclic) bond motifs is 1. The second-order valence-electron chi connectivity index (χ2n) is 8.50. The lowest BCUT2D eigenvalue weighted by atomic mass is 10.1. The molecule has 0 bridgehead atoms. The number of rotatable bonds is 8. The van der Waals surface area contributed by atoms with Crippen LogP contribution in [0.5, 0.6) is 5.75 Å². The van der Waals surface area contributed by atoms with Gasteiger partial charge in [-0.15, -0.1) is 0 Å². The van der Waals surface area contributed by atoms with Crippen molar-refractivity contribution in [2.24, 2.45) is 5.92 Å². The molecule has 3 N–H and O–H groups in total. The first-order chi connectivity index (χ1) is 16.1. The van der Waals surface area contributed by atoms with Crippen LogP contribution < -0.4 is 10.9 Å². The molecule has 0 aliphatic carbocycles. The van der Waals surface area contributed by atoms with Crippen molar-refractivity contribution in [2.75, 3.05) is 20.1 Å². The molecule has 0 radical (unpaired) electrons. The molecule has 0 aliphatic heterocycles. The Kier molecular flexibility index (Phi) is 7.50. The molecule has 0 spiro atoms. The fourth-order valence-electron chi connectivity index (χ4n) is 3.44. The predicted molar refractivity (Wildman–Crippen MR) is 125 cm³/mol. The van der Waals surface area contributed by atoms with E-state index in [9.17, 15) is 29.0 Å². The Morgan fingerprint density at radius 3 is 2.50 bits per heavy atom. The summed E-state index contributed by atoms with van der Waals surface area (Å²) in [5, 5.41) is 22.6. The number of aromatic nitrogens is 2. The maximum absolute atomic E-state index is 13.3. The van der Waals surface area contributed by atoms with Gasteiger partial charge in [-0.1, -0.05) is 26.0 Å². The summed E-state index contributed by atoms with van der Waals surface area (Å²) in [6.45, 7) is 4.02. The Bertz CT molecular complexity index is 1270. The van der Waals surface area contributed by atoms with Crippen molar-refractivity contribution in [1.82, 2.24) is 19.8 Å². The molecule has 0 saturated carbocycles. The van der Waals surface area contributed by atoms with E-state index in [0.717, 1.165) is 10.5 Å². The van der Waals surface area contributed by atoms with Gasteiger partial charge >= 0.3 is 6.09 Å². The monoisotopic (exact) mass is 470 g/mol. The lowest BCUT2D eigenvalue weighted by molar-refractivity contribution is 0.0944. The molecule has 0 fully saturated rings. The summed E-state index contributed by atoms with van der Waals surface area (Å²) < 4.78 is 14.5. The number of hydrogen-bond donors (Lipinski definition) is 3. The highest BCUT2D eigenvalue weighted by molar-refractivity contribution is 6.01. The van der Waals surface area contributed by atoms with Gasteiger partial charge in [-0.3, -0.25) is 14.6 Å². The first-order valence-electron chi connectivity index (χ1n) is 10.8. The van der Waals surface area contributed by atoms with Crippen molar-refractivity contribution in [3.05, 3.63) is 69.4 Å². The van der Waals surface area contributed by atoms with Crippen LogP contribution in [0.15, 0.2) is 41.3 Å². The van der Waals surface area contributed by atoms with E-state index in [4.69, 9.17) is 0 Å². The minimum absolute atomic E-state index is 0.0235. The van der Waals surface area contributed by atoms with Crippen LogP contribution in [-0.4, -0.2) is 56.8 Å². The van der Waals surface area contributed by atoms with Crippen molar-refractivity contribution in [3.63, 3.8) is 0 Å². The SMILES string of the molecule is CC(C)CNC(=O)c1c(O)c2ncc(Cc3ccc(F)cc3)cc2n(CCN(C)C(=O)O)c1=O. The van der Waals surface area contributed by atoms with Crippen molar-refractivity contribution >= 4 is 23.0 Å². The normalized spacial score (nSPS) is 11.1. The Morgan fingerprint density at radius 1 is 1.21 bits per heavy atom. The molecule has 1 aromatic carbocycles. The third-order valence-electron chi connectivity index (χ3n) is 5.34. The van der Waals surface area contributed by atoms with Gasteiger partial charge in [-0.05, 0) is 41.7 Å². The van der Waals surface area contributed by atoms with E-state index in [0.29, 0.717) is 18.5 Å². The van der Waals surface area contributed by atoms with Gasteiger partial charge in [-0.2, -0.15) is 0 Å². The molecule has 34 heavy (non-hydrogen) atoms. The molecule has 3 aromatic rings. The van der Waals surface area contributed by atoms with E-state index in [1.807, 2.05) is 13.8 Å². The van der Waals surface area contributed by atoms with Crippen molar-refractivity contribution in [2.45, 2.75) is 26.8 Å². The standard InChI is InChI=1S/C24H27FN4O5/c1-14(2)12-27-22(31)19-21(30)20-18(29(23(19)32)9-8-28(3)24(33)34)11-16(13-26-20)10-15-4-6-17(25)7-5-15/h4-7,11,13-14,30H,8-10,12H2,1-3H3,(H,27,31)(H,33,34). The van der Waals surface area contributed by atoms with Crippen LogP contribution in [-0.2, 0) is 13.0 Å². The zero-order valence-corrected chi connectivity index (χ0v) is 19.2.